The molecule has 0 N–H and O–H groups in total. The third-order valence-corrected chi connectivity index (χ3v) is 4.71. The molecule has 4 rings (SSSR count). The number of aromatic nitrogens is 3. The van der Waals surface area contributed by atoms with Gasteiger partial charge in [-0.2, -0.15) is 5.10 Å². The van der Waals surface area contributed by atoms with Crippen LogP contribution >= 0.6 is 23.2 Å². The van der Waals surface area contributed by atoms with Gasteiger partial charge in [-0.1, -0.05) is 53.5 Å². The highest BCUT2D eigenvalue weighted by molar-refractivity contribution is 6.42. The third-order valence-electron chi connectivity index (χ3n) is 3.98. The van der Waals surface area contributed by atoms with Crippen LogP contribution in [0.1, 0.15) is 5.69 Å². The van der Waals surface area contributed by atoms with Crippen LogP contribution in [0.3, 0.4) is 0 Å². The van der Waals surface area contributed by atoms with E-state index in [9.17, 15) is 0 Å². The second kappa shape index (κ2) is 5.93. The minimum Gasteiger partial charge on any atom is -0.236 e. The Morgan fingerprint density at radius 3 is 2.46 bits per heavy atom. The minimum absolute atomic E-state index is 0.495. The van der Waals surface area contributed by atoms with Gasteiger partial charge >= 0.3 is 0 Å². The molecule has 0 bridgehead atoms. The van der Waals surface area contributed by atoms with Gasteiger partial charge in [-0.25, -0.2) is 9.67 Å². The van der Waals surface area contributed by atoms with E-state index in [1.54, 1.807) is 23.0 Å². The molecule has 2 aromatic carbocycles. The zero-order valence-corrected chi connectivity index (χ0v) is 14.4. The Hall–Kier alpha value is -2.36. The fourth-order valence-electron chi connectivity index (χ4n) is 2.87. The molecule has 0 spiro atoms. The number of benzene rings is 2. The van der Waals surface area contributed by atoms with Gasteiger partial charge in [0, 0.05) is 6.20 Å². The first-order chi connectivity index (χ1) is 11.6. The van der Waals surface area contributed by atoms with Gasteiger partial charge in [0.25, 0.3) is 0 Å². The summed E-state index contributed by atoms with van der Waals surface area (Å²) in [4.78, 5) is 4.54. The van der Waals surface area contributed by atoms with Crippen LogP contribution < -0.4 is 0 Å². The standard InChI is InChI=1S/C19H13Cl2N3/c1-12-18-15(13-5-3-2-4-6-13)9-10-22-19(18)24(23-12)14-7-8-16(20)17(21)11-14/h2-11H,1H3. The van der Waals surface area contributed by atoms with Gasteiger partial charge in [0.2, 0.25) is 0 Å². The maximum Gasteiger partial charge on any atom is 0.163 e. The fourth-order valence-corrected chi connectivity index (χ4v) is 3.16. The minimum atomic E-state index is 0.495. The Kier molecular flexibility index (Phi) is 3.75. The lowest BCUT2D eigenvalue weighted by atomic mass is 10.0. The van der Waals surface area contributed by atoms with E-state index >= 15 is 0 Å². The van der Waals surface area contributed by atoms with Gasteiger partial charge in [0.15, 0.2) is 5.65 Å². The predicted molar refractivity (Wildman–Crippen MR) is 99.1 cm³/mol. The van der Waals surface area contributed by atoms with Crippen molar-refractivity contribution in [3.05, 3.63) is 76.5 Å². The highest BCUT2D eigenvalue weighted by atomic mass is 35.5. The summed E-state index contributed by atoms with van der Waals surface area (Å²) in [6.07, 6.45) is 1.81. The van der Waals surface area contributed by atoms with E-state index in [-0.39, 0.29) is 0 Å². The molecule has 0 amide bonds. The van der Waals surface area contributed by atoms with Crippen LogP contribution in [0, 0.1) is 6.92 Å². The molecule has 2 aromatic heterocycles. The molecular weight excluding hydrogens is 341 g/mol. The Morgan fingerprint density at radius 1 is 0.917 bits per heavy atom. The molecule has 0 unspecified atom stereocenters. The maximum atomic E-state index is 6.16. The molecule has 118 valence electrons. The molecule has 0 saturated carbocycles. The molecule has 0 radical (unpaired) electrons. The number of nitrogens with zero attached hydrogens (tertiary/aromatic N) is 3. The molecule has 5 heteroatoms. The van der Waals surface area contributed by atoms with Crippen molar-refractivity contribution in [2.24, 2.45) is 0 Å². The zero-order valence-electron chi connectivity index (χ0n) is 12.9. The van der Waals surface area contributed by atoms with Crippen molar-refractivity contribution in [2.75, 3.05) is 0 Å². The lowest BCUT2D eigenvalue weighted by molar-refractivity contribution is 0.878. The predicted octanol–water partition coefficient (Wildman–Crippen LogP) is 5.70. The van der Waals surface area contributed by atoms with E-state index < -0.39 is 0 Å². The summed E-state index contributed by atoms with van der Waals surface area (Å²) in [6, 6.07) is 17.7. The smallest absolute Gasteiger partial charge is 0.163 e. The lowest BCUT2D eigenvalue weighted by Gasteiger charge is -2.06. The molecule has 3 nitrogen and oxygen atoms in total. The van der Waals surface area contributed by atoms with Crippen molar-refractivity contribution >= 4 is 34.2 Å². The van der Waals surface area contributed by atoms with Crippen molar-refractivity contribution in [3.63, 3.8) is 0 Å². The van der Waals surface area contributed by atoms with Crippen molar-refractivity contribution in [3.8, 4) is 16.8 Å². The van der Waals surface area contributed by atoms with Crippen LogP contribution in [0.4, 0.5) is 0 Å². The summed E-state index contributed by atoms with van der Waals surface area (Å²) in [5.41, 5.74) is 4.81. The zero-order chi connectivity index (χ0) is 16.7. The van der Waals surface area contributed by atoms with Gasteiger partial charge < -0.3 is 0 Å². The van der Waals surface area contributed by atoms with Gasteiger partial charge in [-0.05, 0) is 42.3 Å². The third kappa shape index (κ3) is 2.46. The summed E-state index contributed by atoms with van der Waals surface area (Å²) < 4.78 is 1.80. The first-order valence-electron chi connectivity index (χ1n) is 7.50. The summed E-state index contributed by atoms with van der Waals surface area (Å²) in [5, 5.41) is 6.72. The highest BCUT2D eigenvalue weighted by Crippen LogP contribution is 2.32. The monoisotopic (exact) mass is 353 g/mol. The van der Waals surface area contributed by atoms with E-state index in [4.69, 9.17) is 23.2 Å². The quantitative estimate of drug-likeness (QED) is 0.462. The number of aryl methyl sites for hydroxylation is 1. The van der Waals surface area contributed by atoms with E-state index in [2.05, 4.69) is 22.2 Å². The van der Waals surface area contributed by atoms with Crippen LogP contribution in [0.15, 0.2) is 60.8 Å². The number of rotatable bonds is 2. The van der Waals surface area contributed by atoms with Gasteiger partial charge in [0.1, 0.15) is 0 Å². The number of fused-ring (bicyclic) bond motifs is 1. The summed E-state index contributed by atoms with van der Waals surface area (Å²) in [5.74, 6) is 0. The summed E-state index contributed by atoms with van der Waals surface area (Å²) >= 11 is 12.2. The van der Waals surface area contributed by atoms with E-state index in [1.807, 2.05) is 37.3 Å². The Bertz CT molecular complexity index is 1040. The summed E-state index contributed by atoms with van der Waals surface area (Å²) in [7, 11) is 0. The normalized spacial score (nSPS) is 11.1. The van der Waals surface area contributed by atoms with Crippen molar-refractivity contribution in [1.29, 1.82) is 0 Å². The lowest BCUT2D eigenvalue weighted by Crippen LogP contribution is -1.97. The Morgan fingerprint density at radius 2 is 1.71 bits per heavy atom. The summed E-state index contributed by atoms with van der Waals surface area (Å²) in [6.45, 7) is 1.99. The van der Waals surface area contributed by atoms with Crippen molar-refractivity contribution < 1.29 is 0 Å². The van der Waals surface area contributed by atoms with Crippen molar-refractivity contribution in [2.45, 2.75) is 6.92 Å². The SMILES string of the molecule is Cc1nn(-c2ccc(Cl)c(Cl)c2)c2nccc(-c3ccccc3)c12. The van der Waals surface area contributed by atoms with E-state index in [1.165, 1.54) is 0 Å². The molecule has 4 aromatic rings. The first-order valence-corrected chi connectivity index (χ1v) is 8.26. The topological polar surface area (TPSA) is 30.7 Å². The van der Waals surface area contributed by atoms with Gasteiger partial charge in [0.05, 0.1) is 26.8 Å². The van der Waals surface area contributed by atoms with Crippen LogP contribution in [-0.2, 0) is 0 Å². The number of hydrogen-bond donors (Lipinski definition) is 0. The Labute approximate surface area is 149 Å². The van der Waals surface area contributed by atoms with Gasteiger partial charge in [-0.15, -0.1) is 0 Å². The maximum absolute atomic E-state index is 6.16. The van der Waals surface area contributed by atoms with Crippen LogP contribution in [0.2, 0.25) is 10.0 Å². The van der Waals surface area contributed by atoms with Crippen LogP contribution in [0.5, 0.6) is 0 Å². The van der Waals surface area contributed by atoms with Gasteiger partial charge in [-0.3, -0.25) is 0 Å². The average molecular weight is 354 g/mol. The molecule has 0 aliphatic heterocycles. The molecule has 0 aliphatic rings. The molecule has 0 fully saturated rings. The molecule has 0 aliphatic carbocycles. The highest BCUT2D eigenvalue weighted by Gasteiger charge is 2.15. The van der Waals surface area contributed by atoms with E-state index in [0.29, 0.717) is 10.0 Å². The molecule has 0 saturated heterocycles. The molecule has 0 atom stereocenters. The number of pyridine rings is 1. The fraction of sp³-hybridized carbons (Fsp3) is 0.0526. The van der Waals surface area contributed by atoms with E-state index in [0.717, 1.165) is 33.5 Å². The van der Waals surface area contributed by atoms with Crippen LogP contribution in [0.25, 0.3) is 27.8 Å². The Balaban J connectivity index is 1.99. The number of halogens is 2. The first kappa shape index (κ1) is 15.2. The van der Waals surface area contributed by atoms with Crippen molar-refractivity contribution in [1.82, 2.24) is 14.8 Å². The largest absolute Gasteiger partial charge is 0.236 e. The number of hydrogen-bond acceptors (Lipinski definition) is 2. The average Bonchev–Trinajstić information content (AvgIpc) is 2.95. The second-order valence-electron chi connectivity index (χ2n) is 5.52. The molecule has 2 heterocycles. The second-order valence-corrected chi connectivity index (χ2v) is 6.33. The van der Waals surface area contributed by atoms with Crippen LogP contribution in [-0.4, -0.2) is 14.8 Å². The molecule has 24 heavy (non-hydrogen) atoms. The molecular formula is C19H13Cl2N3.